The number of piperidine rings is 1. The van der Waals surface area contributed by atoms with Crippen LogP contribution in [-0.4, -0.2) is 60.0 Å². The molecule has 136 valence electrons. The number of hydrogen-bond donors (Lipinski definition) is 2. The fraction of sp³-hybridized carbons (Fsp3) is 0.467. The lowest BCUT2D eigenvalue weighted by Crippen LogP contribution is -2.50. The average Bonchev–Trinajstić information content (AvgIpc) is 2.79. The Kier molecular flexibility index (Phi) is 4.93. The maximum atomic E-state index is 12.4. The Morgan fingerprint density at radius 3 is 2.68 bits per heavy atom. The molecule has 9 nitrogen and oxygen atoms in total. The van der Waals surface area contributed by atoms with Crippen molar-refractivity contribution in [1.82, 2.24) is 15.3 Å². The van der Waals surface area contributed by atoms with Crippen molar-refractivity contribution in [3.8, 4) is 0 Å². The Bertz CT molecular complexity index is 754. The van der Waals surface area contributed by atoms with Crippen LogP contribution in [0.15, 0.2) is 30.3 Å². The van der Waals surface area contributed by atoms with Gasteiger partial charge in [-0.25, -0.2) is 4.79 Å². The van der Waals surface area contributed by atoms with Crippen molar-refractivity contribution < 1.29 is 26.8 Å². The van der Waals surface area contributed by atoms with Crippen LogP contribution in [0.25, 0.3) is 0 Å². The van der Waals surface area contributed by atoms with E-state index in [4.69, 9.17) is 4.55 Å². The van der Waals surface area contributed by atoms with E-state index >= 15 is 0 Å². The van der Waals surface area contributed by atoms with Crippen molar-refractivity contribution in [2.24, 2.45) is 0 Å². The summed E-state index contributed by atoms with van der Waals surface area (Å²) in [5.74, 6) is -0.281. The largest absolute Gasteiger partial charge is 0.418 e. The van der Waals surface area contributed by atoms with E-state index in [-0.39, 0.29) is 12.5 Å². The van der Waals surface area contributed by atoms with E-state index < -0.39 is 28.5 Å². The number of hydroxylamine groups is 2. The zero-order chi connectivity index (χ0) is 18.0. The molecule has 2 fully saturated rings. The minimum absolute atomic E-state index is 0.186. The Balaban J connectivity index is 1.57. The lowest BCUT2D eigenvalue weighted by molar-refractivity contribution is -0.126. The fourth-order valence-corrected chi connectivity index (χ4v) is 3.59. The van der Waals surface area contributed by atoms with Gasteiger partial charge in [0.25, 0.3) is 0 Å². The number of benzene rings is 1. The number of carbonyl (C=O) groups excluding carboxylic acids is 2. The highest BCUT2D eigenvalue weighted by Gasteiger charge is 2.49. The van der Waals surface area contributed by atoms with Crippen LogP contribution >= 0.6 is 0 Å². The van der Waals surface area contributed by atoms with Crippen LogP contribution in [0.4, 0.5) is 4.79 Å². The molecule has 0 aromatic heterocycles. The van der Waals surface area contributed by atoms with E-state index in [1.807, 2.05) is 30.3 Å². The molecule has 0 radical (unpaired) electrons. The maximum absolute atomic E-state index is 12.4. The molecule has 2 N–H and O–H groups in total. The monoisotopic (exact) mass is 369 g/mol. The van der Waals surface area contributed by atoms with E-state index in [0.717, 1.165) is 5.56 Å². The molecular formula is C15H19N3O6S. The van der Waals surface area contributed by atoms with Crippen LogP contribution in [-0.2, 0) is 25.9 Å². The highest BCUT2D eigenvalue weighted by Crippen LogP contribution is 2.30. The molecule has 3 rings (SSSR count). The van der Waals surface area contributed by atoms with Crippen LogP contribution in [0.1, 0.15) is 18.4 Å². The number of urea groups is 1. The number of amides is 3. The van der Waals surface area contributed by atoms with Crippen LogP contribution < -0.4 is 5.32 Å². The van der Waals surface area contributed by atoms with E-state index in [9.17, 15) is 18.0 Å². The minimum atomic E-state index is -4.78. The van der Waals surface area contributed by atoms with Crippen LogP contribution in [0.3, 0.4) is 0 Å². The molecule has 10 heteroatoms. The average molecular weight is 369 g/mol. The fourth-order valence-electron chi connectivity index (χ4n) is 3.20. The number of hydrogen-bond acceptors (Lipinski definition) is 5. The first-order valence-electron chi connectivity index (χ1n) is 7.93. The Labute approximate surface area is 145 Å². The zero-order valence-corrected chi connectivity index (χ0v) is 14.2. The minimum Gasteiger partial charge on any atom is -0.354 e. The predicted molar refractivity (Wildman–Crippen MR) is 86.5 cm³/mol. The molecule has 0 unspecified atom stereocenters. The van der Waals surface area contributed by atoms with E-state index in [1.54, 1.807) is 0 Å². The molecule has 3 amide bonds. The molecule has 2 atom stereocenters. The zero-order valence-electron chi connectivity index (χ0n) is 13.4. The summed E-state index contributed by atoms with van der Waals surface area (Å²) in [4.78, 5) is 25.9. The topological polar surface area (TPSA) is 116 Å². The van der Waals surface area contributed by atoms with Crippen molar-refractivity contribution in [1.29, 1.82) is 0 Å². The van der Waals surface area contributed by atoms with E-state index in [1.165, 1.54) is 4.90 Å². The van der Waals surface area contributed by atoms with Crippen molar-refractivity contribution in [3.63, 3.8) is 0 Å². The molecule has 2 heterocycles. The van der Waals surface area contributed by atoms with Crippen molar-refractivity contribution >= 4 is 22.3 Å². The summed E-state index contributed by atoms with van der Waals surface area (Å²) in [6.45, 7) is 0.626. The second kappa shape index (κ2) is 6.98. The molecule has 1 aromatic carbocycles. The molecule has 1 aromatic rings. The first-order chi connectivity index (χ1) is 11.8. The van der Waals surface area contributed by atoms with Gasteiger partial charge in [0.2, 0.25) is 5.91 Å². The molecule has 0 saturated carbocycles. The molecule has 25 heavy (non-hydrogen) atoms. The van der Waals surface area contributed by atoms with Gasteiger partial charge < -0.3 is 10.2 Å². The molecular weight excluding hydrogens is 350 g/mol. The Morgan fingerprint density at radius 1 is 1.28 bits per heavy atom. The first-order valence-corrected chi connectivity index (χ1v) is 9.30. The second-order valence-corrected chi connectivity index (χ2v) is 7.04. The highest BCUT2D eigenvalue weighted by atomic mass is 32.3. The summed E-state index contributed by atoms with van der Waals surface area (Å²) < 4.78 is 34.8. The van der Waals surface area contributed by atoms with Gasteiger partial charge in [0, 0.05) is 13.1 Å². The van der Waals surface area contributed by atoms with Crippen LogP contribution in [0.5, 0.6) is 0 Å². The number of rotatable bonds is 6. The van der Waals surface area contributed by atoms with Gasteiger partial charge >= 0.3 is 16.4 Å². The molecule has 2 aliphatic rings. The number of nitrogens with one attached hydrogen (secondary N) is 1. The second-order valence-electron chi connectivity index (χ2n) is 6.04. The Morgan fingerprint density at radius 2 is 2.00 bits per heavy atom. The Hall–Kier alpha value is -2.17. The van der Waals surface area contributed by atoms with Gasteiger partial charge in [-0.3, -0.25) is 9.35 Å². The summed E-state index contributed by atoms with van der Waals surface area (Å²) in [5.41, 5.74) is 1.09. The quantitative estimate of drug-likeness (QED) is 0.699. The van der Waals surface area contributed by atoms with E-state index in [2.05, 4.69) is 9.60 Å². The van der Waals surface area contributed by atoms with Gasteiger partial charge in [0.15, 0.2) is 0 Å². The van der Waals surface area contributed by atoms with Gasteiger partial charge in [-0.2, -0.15) is 13.5 Å². The summed E-state index contributed by atoms with van der Waals surface area (Å²) in [7, 11) is -4.78. The number of carbonyl (C=O) groups is 2. The summed E-state index contributed by atoms with van der Waals surface area (Å²) in [5, 5.41) is 3.44. The third-order valence-corrected chi connectivity index (χ3v) is 4.70. The van der Waals surface area contributed by atoms with Crippen LogP contribution in [0, 0.1) is 0 Å². The van der Waals surface area contributed by atoms with Gasteiger partial charge in [0.05, 0.1) is 6.04 Å². The number of fused-ring (bicyclic) bond motifs is 2. The normalized spacial score (nSPS) is 23.0. The summed E-state index contributed by atoms with van der Waals surface area (Å²) in [6, 6.07) is 7.79. The third-order valence-electron chi connectivity index (χ3n) is 4.36. The van der Waals surface area contributed by atoms with Crippen molar-refractivity contribution in [2.45, 2.75) is 31.3 Å². The molecule has 2 aliphatic heterocycles. The molecule has 0 spiro atoms. The SMILES string of the molecule is O=C(NCCc1ccccc1)[C@@H]1CC[C@H]2CN1C(=O)N2OS(=O)(=O)O. The molecule has 2 bridgehead atoms. The lowest BCUT2D eigenvalue weighted by atomic mass is 10.0. The predicted octanol–water partition coefficient (Wildman–Crippen LogP) is 0.348. The van der Waals surface area contributed by atoms with Crippen LogP contribution in [0.2, 0.25) is 0 Å². The van der Waals surface area contributed by atoms with Gasteiger partial charge in [0.1, 0.15) is 6.04 Å². The van der Waals surface area contributed by atoms with Gasteiger partial charge in [-0.15, -0.1) is 4.28 Å². The van der Waals surface area contributed by atoms with E-state index in [0.29, 0.717) is 30.9 Å². The van der Waals surface area contributed by atoms with Crippen molar-refractivity contribution in [2.75, 3.05) is 13.1 Å². The lowest BCUT2D eigenvalue weighted by Gasteiger charge is -2.29. The summed E-state index contributed by atoms with van der Waals surface area (Å²) >= 11 is 0. The highest BCUT2D eigenvalue weighted by molar-refractivity contribution is 7.80. The maximum Gasteiger partial charge on any atom is 0.418 e. The summed E-state index contributed by atoms with van der Waals surface area (Å²) in [6.07, 6.45) is 1.49. The smallest absolute Gasteiger partial charge is 0.354 e. The molecule has 0 aliphatic carbocycles. The van der Waals surface area contributed by atoms with Gasteiger partial charge in [-0.05, 0) is 24.8 Å². The third kappa shape index (κ3) is 4.09. The first kappa shape index (κ1) is 17.6. The number of nitrogens with zero attached hydrogens (tertiary/aromatic N) is 2. The van der Waals surface area contributed by atoms with Gasteiger partial charge in [-0.1, -0.05) is 30.3 Å². The van der Waals surface area contributed by atoms with Crippen molar-refractivity contribution in [3.05, 3.63) is 35.9 Å². The molecule has 2 saturated heterocycles. The standard InChI is InChI=1S/C15H19N3O6S/c19-14(16-9-8-11-4-2-1-3-5-11)13-7-6-12-10-17(13)15(20)18(12)24-25(21,22)23/h1-5,12-13H,6-10H2,(H,16,19)(H,21,22,23)/t12-,13-/m0/s1.